The predicted molar refractivity (Wildman–Crippen MR) is 237 cm³/mol. The number of para-hydroxylation sites is 2. The van der Waals surface area contributed by atoms with Crippen molar-refractivity contribution in [3.63, 3.8) is 0 Å². The molecule has 0 aromatic heterocycles. The van der Waals surface area contributed by atoms with Gasteiger partial charge in [0.2, 0.25) is 0 Å². The van der Waals surface area contributed by atoms with Gasteiger partial charge in [0.15, 0.2) is 5.78 Å². The van der Waals surface area contributed by atoms with Gasteiger partial charge in [-0.15, -0.1) is 12.4 Å². The lowest BCUT2D eigenvalue weighted by Gasteiger charge is -2.43. The second-order valence-electron chi connectivity index (χ2n) is 14.8. The van der Waals surface area contributed by atoms with Crippen molar-refractivity contribution in [1.29, 1.82) is 0 Å². The molecule has 4 amide bonds. The molecule has 4 aromatic rings. The minimum atomic E-state index is -0.368. The Hall–Kier alpha value is -5.84. The highest BCUT2D eigenvalue weighted by molar-refractivity contribution is 5.93. The van der Waals surface area contributed by atoms with Crippen LogP contribution >= 0.6 is 12.4 Å². The normalized spacial score (nSPS) is 16.0. The Kier molecular flexibility index (Phi) is 18.3. The molecule has 330 valence electrons. The quantitative estimate of drug-likeness (QED) is 0.223. The molecule has 0 bridgehead atoms. The third-order valence-electron chi connectivity index (χ3n) is 10.7. The summed E-state index contributed by atoms with van der Waals surface area (Å²) in [5.41, 5.74) is 4.60. The van der Waals surface area contributed by atoms with Crippen molar-refractivity contribution in [1.82, 2.24) is 20.0 Å². The number of nitrogens with one attached hydrogen (secondary N) is 1. The van der Waals surface area contributed by atoms with E-state index in [0.717, 1.165) is 61.9 Å². The van der Waals surface area contributed by atoms with Gasteiger partial charge in [0.05, 0.1) is 57.7 Å². The van der Waals surface area contributed by atoms with Gasteiger partial charge in [-0.3, -0.25) is 19.5 Å². The fourth-order valence-corrected chi connectivity index (χ4v) is 6.94. The van der Waals surface area contributed by atoms with Crippen LogP contribution in [0.15, 0.2) is 109 Å². The number of piperazine rings is 2. The van der Waals surface area contributed by atoms with Crippen LogP contribution in [0, 0.1) is 0 Å². The van der Waals surface area contributed by atoms with E-state index in [4.69, 9.17) is 14.2 Å². The number of carbonyl (C=O) groups excluding carboxylic acids is 5. The summed E-state index contributed by atoms with van der Waals surface area (Å²) in [5, 5.41) is 3.26. The number of esters is 2. The summed E-state index contributed by atoms with van der Waals surface area (Å²) < 4.78 is 19.3. The molecule has 4 aliphatic rings. The van der Waals surface area contributed by atoms with E-state index in [9.17, 15) is 24.0 Å². The molecule has 4 fully saturated rings. The molecule has 0 unspecified atom stereocenters. The number of Topliss-reactive ketones (excluding diaryl/α,β-unsaturated/α-hetero) is 1. The first-order valence-corrected chi connectivity index (χ1v) is 20.4. The first-order valence-electron chi connectivity index (χ1n) is 20.4. The van der Waals surface area contributed by atoms with Crippen LogP contribution in [0.2, 0.25) is 0 Å². The molecule has 4 aliphatic heterocycles. The highest BCUT2D eigenvalue weighted by Gasteiger charge is 2.32. The van der Waals surface area contributed by atoms with Crippen LogP contribution in [-0.4, -0.2) is 144 Å². The Bertz CT molecular complexity index is 2040. The van der Waals surface area contributed by atoms with E-state index in [1.807, 2.05) is 94.7 Å². The summed E-state index contributed by atoms with van der Waals surface area (Å²) in [6.45, 7) is 9.33. The first kappa shape index (κ1) is 47.2. The standard InChI is InChI=1S/C23H27N3O4.C20H23N3O3.C3H4O2.ClH/c1-29-22(27)19-9-7-18(8-10-19)15-26(20-5-3-2-4-6-20)23(28)25-13-11-24(12-14-25)21-16-30-17-21;1-26-19(24)17-9-7-16(8-10-17)15-23(18-5-3-2-4-6-18)20(25)22-13-11-21-12-14-22;4-3-1-5-2-3;/h2-10,21H,11-17H2,1H3;2-10,21H,11-15H2,1H3;1-2H2;1H. The number of anilines is 2. The number of ketones is 1. The molecule has 4 aromatic carbocycles. The summed E-state index contributed by atoms with van der Waals surface area (Å²) in [6.07, 6.45) is 0. The molecular weight excluding hydrogens is 816 g/mol. The van der Waals surface area contributed by atoms with Gasteiger partial charge in [0.1, 0.15) is 13.2 Å². The third-order valence-corrected chi connectivity index (χ3v) is 10.7. The molecule has 62 heavy (non-hydrogen) atoms. The van der Waals surface area contributed by atoms with Crippen molar-refractivity contribution in [2.45, 2.75) is 19.1 Å². The van der Waals surface area contributed by atoms with Gasteiger partial charge in [-0.2, -0.15) is 0 Å². The molecule has 0 saturated carbocycles. The average Bonchev–Trinajstić information content (AvgIpc) is 3.29. The summed E-state index contributed by atoms with van der Waals surface area (Å²) >= 11 is 0. The fourth-order valence-electron chi connectivity index (χ4n) is 6.94. The Morgan fingerprint density at radius 3 is 1.34 bits per heavy atom. The van der Waals surface area contributed by atoms with E-state index in [0.29, 0.717) is 69.7 Å². The number of nitrogens with zero attached hydrogens (tertiary/aromatic N) is 5. The lowest BCUT2D eigenvalue weighted by molar-refractivity contribution is -0.140. The Morgan fingerprint density at radius 1 is 0.597 bits per heavy atom. The van der Waals surface area contributed by atoms with Crippen LogP contribution in [0.3, 0.4) is 0 Å². The monoisotopic (exact) mass is 870 g/mol. The number of amides is 4. The van der Waals surface area contributed by atoms with E-state index >= 15 is 0 Å². The van der Waals surface area contributed by atoms with Crippen LogP contribution in [0.4, 0.5) is 21.0 Å². The van der Waals surface area contributed by atoms with E-state index in [2.05, 4.69) is 15.0 Å². The van der Waals surface area contributed by atoms with Crippen molar-refractivity contribution < 1.29 is 42.9 Å². The number of halogens is 1. The van der Waals surface area contributed by atoms with E-state index < -0.39 is 0 Å². The van der Waals surface area contributed by atoms with Crippen LogP contribution in [-0.2, 0) is 36.8 Å². The number of ether oxygens (including phenoxy) is 4. The molecular formula is C46H55ClN6O9. The number of methoxy groups -OCH3 is 2. The molecule has 0 spiro atoms. The number of urea groups is 2. The minimum absolute atomic E-state index is 0. The number of carbonyl (C=O) groups is 5. The van der Waals surface area contributed by atoms with Gasteiger partial charge in [-0.25, -0.2) is 19.2 Å². The van der Waals surface area contributed by atoms with Crippen molar-refractivity contribution in [3.05, 3.63) is 131 Å². The first-order chi connectivity index (χ1) is 29.7. The molecule has 0 atom stereocenters. The zero-order valence-corrected chi connectivity index (χ0v) is 36.0. The van der Waals surface area contributed by atoms with Crippen LogP contribution in [0.5, 0.6) is 0 Å². The van der Waals surface area contributed by atoms with Gasteiger partial charge >= 0.3 is 24.0 Å². The van der Waals surface area contributed by atoms with Crippen LogP contribution in [0.1, 0.15) is 31.8 Å². The van der Waals surface area contributed by atoms with Gasteiger partial charge < -0.3 is 34.1 Å². The zero-order valence-electron chi connectivity index (χ0n) is 35.2. The van der Waals surface area contributed by atoms with E-state index in [-0.39, 0.29) is 42.2 Å². The van der Waals surface area contributed by atoms with Gasteiger partial charge in [-0.05, 0) is 59.7 Å². The smallest absolute Gasteiger partial charge is 0.337 e. The van der Waals surface area contributed by atoms with Gasteiger partial charge in [0, 0.05) is 63.7 Å². The molecule has 16 heteroatoms. The summed E-state index contributed by atoms with van der Waals surface area (Å²) in [7, 11) is 2.73. The zero-order chi connectivity index (χ0) is 43.0. The second kappa shape index (κ2) is 24.0. The van der Waals surface area contributed by atoms with Crippen molar-refractivity contribution >= 4 is 53.6 Å². The highest BCUT2D eigenvalue weighted by Crippen LogP contribution is 2.23. The number of hydrogen-bond acceptors (Lipinski definition) is 11. The minimum Gasteiger partial charge on any atom is -0.465 e. The third kappa shape index (κ3) is 13.1. The molecule has 1 N–H and O–H groups in total. The van der Waals surface area contributed by atoms with Crippen LogP contribution in [0.25, 0.3) is 0 Å². The Labute approximate surface area is 368 Å². The van der Waals surface area contributed by atoms with Crippen molar-refractivity contribution in [3.8, 4) is 0 Å². The lowest BCUT2D eigenvalue weighted by atomic mass is 10.1. The maximum absolute atomic E-state index is 13.4. The van der Waals surface area contributed by atoms with Crippen molar-refractivity contribution in [2.75, 3.05) is 103 Å². The Morgan fingerprint density at radius 2 is 1.00 bits per heavy atom. The number of rotatable bonds is 9. The van der Waals surface area contributed by atoms with E-state index in [1.54, 1.807) is 34.1 Å². The number of benzene rings is 4. The van der Waals surface area contributed by atoms with Gasteiger partial charge in [-0.1, -0.05) is 60.7 Å². The summed E-state index contributed by atoms with van der Waals surface area (Å²) in [5.74, 6) is -0.523. The summed E-state index contributed by atoms with van der Waals surface area (Å²) in [4.78, 5) is 69.3. The average molecular weight is 871 g/mol. The largest absolute Gasteiger partial charge is 0.465 e. The SMILES string of the molecule is COC(=O)c1ccc(CN(C(=O)N2CCN(C3COC3)CC2)c2ccccc2)cc1.COC(=O)c1ccc(CN(C(=O)N2CCNCC2)c2ccccc2)cc1.Cl.O=C1COC1. The second-order valence-corrected chi connectivity index (χ2v) is 14.8. The fraction of sp³-hybridized carbons (Fsp3) is 0.370. The maximum Gasteiger partial charge on any atom is 0.337 e. The molecule has 8 rings (SSSR count). The van der Waals surface area contributed by atoms with Crippen molar-refractivity contribution in [2.24, 2.45) is 0 Å². The highest BCUT2D eigenvalue weighted by atomic mass is 35.5. The van der Waals surface area contributed by atoms with Crippen LogP contribution < -0.4 is 15.1 Å². The van der Waals surface area contributed by atoms with E-state index in [1.165, 1.54) is 14.2 Å². The molecule has 4 saturated heterocycles. The topological polar surface area (TPSA) is 150 Å². The molecule has 4 heterocycles. The Balaban J connectivity index is 0.000000209. The lowest BCUT2D eigenvalue weighted by Crippen LogP contribution is -2.59. The summed E-state index contributed by atoms with van der Waals surface area (Å²) in [6, 6.07) is 34.2. The van der Waals surface area contributed by atoms with Gasteiger partial charge in [0.25, 0.3) is 0 Å². The predicted octanol–water partition coefficient (Wildman–Crippen LogP) is 5.13. The molecule has 0 radical (unpaired) electrons. The molecule has 0 aliphatic carbocycles. The maximum atomic E-state index is 13.4. The number of hydrogen-bond donors (Lipinski definition) is 1. The molecule has 15 nitrogen and oxygen atoms in total.